The van der Waals surface area contributed by atoms with Gasteiger partial charge in [-0.1, -0.05) is 18.5 Å². The molecule has 0 unspecified atom stereocenters. The molecule has 0 atom stereocenters. The van der Waals surface area contributed by atoms with Crippen molar-refractivity contribution in [2.24, 2.45) is 0 Å². The van der Waals surface area contributed by atoms with E-state index in [2.05, 4.69) is 41.5 Å². The van der Waals surface area contributed by atoms with Crippen LogP contribution in [0.1, 0.15) is 47.6 Å². The summed E-state index contributed by atoms with van der Waals surface area (Å²) in [6.45, 7) is 11.5. The van der Waals surface area contributed by atoms with Crippen molar-refractivity contribution in [3.8, 4) is 0 Å². The number of morpholine rings is 1. The fraction of sp³-hybridized carbons (Fsp3) is 0.464. The molecule has 0 aliphatic carbocycles. The lowest BCUT2D eigenvalue weighted by Gasteiger charge is -2.29. The molecule has 3 aromatic rings. The molecule has 1 aliphatic rings. The highest BCUT2D eigenvalue weighted by atomic mass is 35.5. The summed E-state index contributed by atoms with van der Waals surface area (Å²) < 4.78 is 10.7. The molecule has 204 valence electrons. The Kier molecular flexibility index (Phi) is 9.82. The number of aryl methyl sites for hydroxylation is 4. The molecule has 0 saturated carbocycles. The molecule has 0 spiro atoms. The van der Waals surface area contributed by atoms with Crippen LogP contribution in [0.3, 0.4) is 0 Å². The van der Waals surface area contributed by atoms with Crippen LogP contribution >= 0.6 is 22.9 Å². The van der Waals surface area contributed by atoms with Crippen LogP contribution in [0.2, 0.25) is 5.02 Å². The lowest BCUT2D eigenvalue weighted by molar-refractivity contribution is 0.122. The van der Waals surface area contributed by atoms with E-state index in [0.717, 1.165) is 79.0 Å². The normalized spacial score (nSPS) is 13.6. The SMILES string of the molecule is CCc1sc(CCc2cc(N3CCOCC3)cc(NCc3cc(Cl)cc(NC(=O)OC(C)C)c3)n2)nc1C. The van der Waals surface area contributed by atoms with Crippen LogP contribution in [0.25, 0.3) is 0 Å². The van der Waals surface area contributed by atoms with Gasteiger partial charge in [0, 0.05) is 59.1 Å². The fourth-order valence-corrected chi connectivity index (χ4v) is 5.60. The molecule has 1 aromatic carbocycles. The summed E-state index contributed by atoms with van der Waals surface area (Å²) in [4.78, 5) is 25.4. The first-order valence-corrected chi connectivity index (χ1v) is 14.3. The van der Waals surface area contributed by atoms with E-state index >= 15 is 0 Å². The van der Waals surface area contributed by atoms with E-state index in [4.69, 9.17) is 31.0 Å². The Bertz CT molecular complexity index is 1240. The topological polar surface area (TPSA) is 88.6 Å². The summed E-state index contributed by atoms with van der Waals surface area (Å²) in [5.41, 5.74) is 4.80. The van der Waals surface area contributed by atoms with Crippen LogP contribution in [-0.2, 0) is 35.3 Å². The molecule has 3 heterocycles. The summed E-state index contributed by atoms with van der Waals surface area (Å²) in [5, 5.41) is 7.89. The molecule has 1 saturated heterocycles. The number of amides is 1. The first-order chi connectivity index (χ1) is 18.3. The molecule has 0 radical (unpaired) electrons. The smallest absolute Gasteiger partial charge is 0.411 e. The largest absolute Gasteiger partial charge is 0.447 e. The molecule has 1 amide bonds. The third kappa shape index (κ3) is 8.06. The van der Waals surface area contributed by atoms with Crippen LogP contribution in [0.15, 0.2) is 30.3 Å². The number of halogens is 1. The maximum atomic E-state index is 12.0. The van der Waals surface area contributed by atoms with Crippen molar-refractivity contribution >= 4 is 46.2 Å². The van der Waals surface area contributed by atoms with Crippen LogP contribution in [0, 0.1) is 6.92 Å². The lowest BCUT2D eigenvalue weighted by Crippen LogP contribution is -2.36. The minimum Gasteiger partial charge on any atom is -0.447 e. The molecule has 10 heteroatoms. The maximum Gasteiger partial charge on any atom is 0.411 e. The highest BCUT2D eigenvalue weighted by Crippen LogP contribution is 2.25. The average molecular weight is 558 g/mol. The van der Waals surface area contributed by atoms with Crippen LogP contribution in [0.5, 0.6) is 0 Å². The van der Waals surface area contributed by atoms with Crippen molar-refractivity contribution < 1.29 is 14.3 Å². The second kappa shape index (κ2) is 13.3. The van der Waals surface area contributed by atoms with Crippen molar-refractivity contribution in [2.75, 3.05) is 41.8 Å². The zero-order valence-corrected chi connectivity index (χ0v) is 24.0. The first kappa shape index (κ1) is 28.1. The zero-order valence-electron chi connectivity index (χ0n) is 22.5. The van der Waals surface area contributed by atoms with Gasteiger partial charge in [0.25, 0.3) is 0 Å². The Balaban J connectivity index is 1.49. The number of rotatable bonds is 10. The number of ether oxygens (including phenoxy) is 2. The number of carbonyl (C=O) groups excluding carboxylic acids is 1. The Morgan fingerprint density at radius 3 is 2.66 bits per heavy atom. The summed E-state index contributed by atoms with van der Waals surface area (Å²) >= 11 is 8.14. The van der Waals surface area contributed by atoms with Gasteiger partial charge in [0.15, 0.2) is 0 Å². The number of pyridine rings is 1. The lowest BCUT2D eigenvalue weighted by atomic mass is 10.1. The van der Waals surface area contributed by atoms with E-state index in [9.17, 15) is 4.79 Å². The highest BCUT2D eigenvalue weighted by Gasteiger charge is 2.15. The van der Waals surface area contributed by atoms with E-state index in [1.807, 2.05) is 12.1 Å². The van der Waals surface area contributed by atoms with Gasteiger partial charge in [-0.3, -0.25) is 5.32 Å². The minimum atomic E-state index is -0.507. The molecular weight excluding hydrogens is 522 g/mol. The molecule has 1 aliphatic heterocycles. The van der Waals surface area contributed by atoms with E-state index in [1.54, 1.807) is 31.3 Å². The molecule has 8 nitrogen and oxygen atoms in total. The molecule has 2 aromatic heterocycles. The standard InChI is InChI=1S/C28H36ClN5O3S/c1-5-25-19(4)31-27(38-25)7-6-22-15-24(34-8-10-36-11-9-34)16-26(32-22)30-17-20-12-21(29)14-23(13-20)33-28(35)37-18(2)3/h12-16,18H,5-11,17H2,1-4H3,(H,30,32)(H,33,35). The van der Waals surface area contributed by atoms with Crippen molar-refractivity contribution in [3.05, 3.63) is 62.2 Å². The quantitative estimate of drug-likeness (QED) is 0.304. The summed E-state index contributed by atoms with van der Waals surface area (Å²) in [5.74, 6) is 0.794. The number of hydrogen-bond donors (Lipinski definition) is 2. The second-order valence-electron chi connectivity index (χ2n) is 9.55. The van der Waals surface area contributed by atoms with E-state index in [0.29, 0.717) is 17.3 Å². The molecule has 4 rings (SSSR count). The van der Waals surface area contributed by atoms with Gasteiger partial charge in [0.05, 0.1) is 30.0 Å². The molecule has 0 bridgehead atoms. The van der Waals surface area contributed by atoms with E-state index in [-0.39, 0.29) is 6.10 Å². The van der Waals surface area contributed by atoms with Gasteiger partial charge in [-0.15, -0.1) is 11.3 Å². The Morgan fingerprint density at radius 1 is 1.16 bits per heavy atom. The Morgan fingerprint density at radius 2 is 1.95 bits per heavy atom. The monoisotopic (exact) mass is 557 g/mol. The summed E-state index contributed by atoms with van der Waals surface area (Å²) in [6.07, 6.45) is 1.98. The van der Waals surface area contributed by atoms with E-state index in [1.165, 1.54) is 4.88 Å². The number of nitrogens with zero attached hydrogens (tertiary/aromatic N) is 3. The maximum absolute atomic E-state index is 12.0. The number of aromatic nitrogens is 2. The highest BCUT2D eigenvalue weighted by molar-refractivity contribution is 7.11. The van der Waals surface area contributed by atoms with Gasteiger partial charge >= 0.3 is 6.09 Å². The Labute approximate surface area is 233 Å². The van der Waals surface area contributed by atoms with Crippen LogP contribution in [0.4, 0.5) is 22.0 Å². The summed E-state index contributed by atoms with van der Waals surface area (Å²) in [7, 11) is 0. The summed E-state index contributed by atoms with van der Waals surface area (Å²) in [6, 6.07) is 9.71. The first-order valence-electron chi connectivity index (χ1n) is 13.1. The number of hydrogen-bond acceptors (Lipinski definition) is 8. The van der Waals surface area contributed by atoms with Crippen LogP contribution < -0.4 is 15.5 Å². The van der Waals surface area contributed by atoms with Gasteiger partial charge < -0.3 is 19.7 Å². The fourth-order valence-electron chi connectivity index (χ4n) is 4.33. The van der Waals surface area contributed by atoms with Gasteiger partial charge in [0.2, 0.25) is 0 Å². The van der Waals surface area contributed by atoms with Crippen molar-refractivity contribution in [1.82, 2.24) is 9.97 Å². The second-order valence-corrected chi connectivity index (χ2v) is 11.2. The molecule has 38 heavy (non-hydrogen) atoms. The predicted molar refractivity (Wildman–Crippen MR) is 155 cm³/mol. The molecule has 2 N–H and O–H groups in total. The van der Waals surface area contributed by atoms with Crippen molar-refractivity contribution in [1.29, 1.82) is 0 Å². The van der Waals surface area contributed by atoms with Crippen LogP contribution in [-0.4, -0.2) is 48.5 Å². The van der Waals surface area contributed by atoms with Gasteiger partial charge in [-0.2, -0.15) is 0 Å². The van der Waals surface area contributed by atoms with E-state index < -0.39 is 6.09 Å². The average Bonchev–Trinajstić information content (AvgIpc) is 3.25. The zero-order chi connectivity index (χ0) is 27.1. The third-order valence-corrected chi connectivity index (χ3v) is 7.69. The van der Waals surface area contributed by atoms with Gasteiger partial charge in [-0.25, -0.2) is 14.8 Å². The molecule has 1 fully saturated rings. The number of carbonyl (C=O) groups is 1. The van der Waals surface area contributed by atoms with Gasteiger partial charge in [0.1, 0.15) is 5.82 Å². The number of thiazole rings is 1. The van der Waals surface area contributed by atoms with Gasteiger partial charge in [-0.05, 0) is 63.4 Å². The number of nitrogens with one attached hydrogen (secondary N) is 2. The number of benzene rings is 1. The third-order valence-electron chi connectivity index (χ3n) is 6.11. The Hall–Kier alpha value is -2.88. The minimum absolute atomic E-state index is 0.206. The molecular formula is C28H36ClN5O3S. The van der Waals surface area contributed by atoms with Crippen molar-refractivity contribution in [2.45, 2.75) is 59.6 Å². The van der Waals surface area contributed by atoms with Crippen molar-refractivity contribution in [3.63, 3.8) is 0 Å². The predicted octanol–water partition coefficient (Wildman–Crippen LogP) is 6.25. The number of anilines is 3.